The van der Waals surface area contributed by atoms with E-state index < -0.39 is 4.92 Å². The molecular formula is C24H27ClN6O4. The van der Waals surface area contributed by atoms with Crippen molar-refractivity contribution in [3.05, 3.63) is 62.9 Å². The molecule has 10 nitrogen and oxygen atoms in total. The van der Waals surface area contributed by atoms with Crippen LogP contribution in [0.4, 0.5) is 28.7 Å². The molecule has 1 aliphatic rings. The number of nitrogens with one attached hydrogen (secondary N) is 1. The third-order valence-electron chi connectivity index (χ3n) is 6.21. The van der Waals surface area contributed by atoms with Gasteiger partial charge in [0.25, 0.3) is 0 Å². The van der Waals surface area contributed by atoms with Crippen LogP contribution in [0.15, 0.2) is 36.7 Å². The summed E-state index contributed by atoms with van der Waals surface area (Å²) in [5, 5.41) is 15.5. The first-order chi connectivity index (χ1) is 16.8. The number of nitrogens with zero attached hydrogens (tertiary/aromatic N) is 5. The molecule has 0 atom stereocenters. The van der Waals surface area contributed by atoms with Gasteiger partial charge in [0.05, 0.1) is 29.9 Å². The van der Waals surface area contributed by atoms with Crippen LogP contribution in [0, 0.1) is 24.0 Å². The van der Waals surface area contributed by atoms with Gasteiger partial charge in [-0.15, -0.1) is 0 Å². The van der Waals surface area contributed by atoms with Crippen molar-refractivity contribution in [2.45, 2.75) is 13.8 Å². The molecule has 0 unspecified atom stereocenters. The summed E-state index contributed by atoms with van der Waals surface area (Å²) in [6.07, 6.45) is 1.32. The van der Waals surface area contributed by atoms with Gasteiger partial charge >= 0.3 is 5.69 Å². The zero-order valence-electron chi connectivity index (χ0n) is 20.0. The Morgan fingerprint density at radius 1 is 1.03 bits per heavy atom. The average molecular weight is 499 g/mol. The number of hydrogen-bond donors (Lipinski definition) is 1. The summed E-state index contributed by atoms with van der Waals surface area (Å²) in [5.74, 6) is 1.15. The number of rotatable bonds is 7. The maximum Gasteiger partial charge on any atom is 0.353 e. The van der Waals surface area contributed by atoms with Gasteiger partial charge in [0, 0.05) is 37.9 Å². The van der Waals surface area contributed by atoms with E-state index in [1.807, 2.05) is 4.90 Å². The van der Waals surface area contributed by atoms with E-state index in [1.54, 1.807) is 12.1 Å². The van der Waals surface area contributed by atoms with Gasteiger partial charge in [-0.3, -0.25) is 10.1 Å². The molecule has 0 spiro atoms. The Morgan fingerprint density at radius 3 is 2.37 bits per heavy atom. The third kappa shape index (κ3) is 4.88. The van der Waals surface area contributed by atoms with E-state index in [1.165, 1.54) is 37.4 Å². The predicted molar refractivity (Wildman–Crippen MR) is 137 cm³/mol. The van der Waals surface area contributed by atoms with Crippen LogP contribution >= 0.6 is 11.6 Å². The second kappa shape index (κ2) is 10.2. The number of methoxy groups -OCH3 is 2. The number of halogens is 1. The van der Waals surface area contributed by atoms with Crippen LogP contribution in [0.25, 0.3) is 0 Å². The lowest BCUT2D eigenvalue weighted by atomic mass is 10.1. The zero-order valence-corrected chi connectivity index (χ0v) is 20.8. The lowest BCUT2D eigenvalue weighted by Crippen LogP contribution is -2.47. The third-order valence-corrected chi connectivity index (χ3v) is 6.50. The van der Waals surface area contributed by atoms with Crippen LogP contribution in [-0.2, 0) is 0 Å². The SMILES string of the molecule is COc1cc(OC)c(Nc2ncnc(N3CCN(c4cccc(C)c4C)CC3)c2[N+](=O)[O-])cc1Cl. The van der Waals surface area contributed by atoms with Crippen LogP contribution in [0.2, 0.25) is 5.02 Å². The molecule has 35 heavy (non-hydrogen) atoms. The number of hydrogen-bond acceptors (Lipinski definition) is 9. The highest BCUT2D eigenvalue weighted by atomic mass is 35.5. The van der Waals surface area contributed by atoms with Crippen molar-refractivity contribution >= 4 is 40.3 Å². The summed E-state index contributed by atoms with van der Waals surface area (Å²) in [4.78, 5) is 24.3. The topological polar surface area (TPSA) is 106 Å². The van der Waals surface area contributed by atoms with Crippen molar-refractivity contribution in [2.75, 3.05) is 55.5 Å². The highest BCUT2D eigenvalue weighted by molar-refractivity contribution is 6.32. The first-order valence-corrected chi connectivity index (χ1v) is 11.5. The smallest absolute Gasteiger partial charge is 0.353 e. The van der Waals surface area contributed by atoms with Crippen LogP contribution < -0.4 is 24.6 Å². The molecule has 2 aromatic carbocycles. The number of benzene rings is 2. The number of nitro groups is 1. The van der Waals surface area contributed by atoms with Crippen LogP contribution in [0.1, 0.15) is 11.1 Å². The minimum atomic E-state index is -0.466. The molecule has 3 aromatic rings. The molecule has 1 saturated heterocycles. The molecule has 0 bridgehead atoms. The van der Waals surface area contributed by atoms with Gasteiger partial charge < -0.3 is 24.6 Å². The van der Waals surface area contributed by atoms with E-state index in [0.717, 1.165) is 13.1 Å². The van der Waals surface area contributed by atoms with Gasteiger partial charge in [-0.2, -0.15) is 0 Å². The first kappa shape index (κ1) is 24.3. The lowest BCUT2D eigenvalue weighted by Gasteiger charge is -2.37. The van der Waals surface area contributed by atoms with Gasteiger partial charge in [-0.25, -0.2) is 9.97 Å². The molecule has 0 radical (unpaired) electrons. The van der Waals surface area contributed by atoms with E-state index in [9.17, 15) is 10.1 Å². The van der Waals surface area contributed by atoms with Gasteiger partial charge in [0.2, 0.25) is 11.6 Å². The Kier molecular flexibility index (Phi) is 7.11. The second-order valence-corrected chi connectivity index (χ2v) is 8.56. The zero-order chi connectivity index (χ0) is 25.1. The van der Waals surface area contributed by atoms with E-state index >= 15 is 0 Å². The second-order valence-electron chi connectivity index (χ2n) is 8.16. The summed E-state index contributed by atoms with van der Waals surface area (Å²) >= 11 is 6.26. The largest absolute Gasteiger partial charge is 0.495 e. The lowest BCUT2D eigenvalue weighted by molar-refractivity contribution is -0.383. The van der Waals surface area contributed by atoms with Crippen LogP contribution in [0.3, 0.4) is 0 Å². The molecule has 4 rings (SSSR count). The average Bonchev–Trinajstić information content (AvgIpc) is 2.86. The maximum absolute atomic E-state index is 12.1. The molecule has 1 fully saturated rings. The van der Waals surface area contributed by atoms with Crippen LogP contribution in [0.5, 0.6) is 11.5 Å². The Labute approximate surface area is 208 Å². The molecule has 11 heteroatoms. The van der Waals surface area contributed by atoms with Crippen molar-refractivity contribution < 1.29 is 14.4 Å². The predicted octanol–water partition coefficient (Wildman–Crippen LogP) is 4.74. The molecule has 0 amide bonds. The highest BCUT2D eigenvalue weighted by Crippen LogP contribution is 2.40. The fraction of sp³-hybridized carbons (Fsp3) is 0.333. The quantitative estimate of drug-likeness (QED) is 0.365. The molecular weight excluding hydrogens is 472 g/mol. The van der Waals surface area contributed by atoms with Crippen molar-refractivity contribution in [3.63, 3.8) is 0 Å². The minimum Gasteiger partial charge on any atom is -0.495 e. The van der Waals surface area contributed by atoms with Crippen LogP contribution in [-0.4, -0.2) is 55.3 Å². The molecule has 1 aliphatic heterocycles. The van der Waals surface area contributed by atoms with Crippen molar-refractivity contribution in [1.82, 2.24) is 9.97 Å². The van der Waals surface area contributed by atoms with Crippen molar-refractivity contribution in [1.29, 1.82) is 0 Å². The number of anilines is 4. The Bertz CT molecular complexity index is 1250. The monoisotopic (exact) mass is 498 g/mol. The summed E-state index contributed by atoms with van der Waals surface area (Å²) in [5.41, 5.74) is 3.88. The normalized spacial score (nSPS) is 13.5. The fourth-order valence-corrected chi connectivity index (χ4v) is 4.42. The number of aromatic nitrogens is 2. The summed E-state index contributed by atoms with van der Waals surface area (Å²) in [7, 11) is 2.98. The van der Waals surface area contributed by atoms with Crippen molar-refractivity contribution in [3.8, 4) is 11.5 Å². The highest BCUT2D eigenvalue weighted by Gasteiger charge is 2.30. The van der Waals surface area contributed by atoms with E-state index in [0.29, 0.717) is 35.3 Å². The standard InChI is InChI=1S/C24H27ClN6O4/c1-15-6-5-7-19(16(15)2)29-8-10-30(11-9-29)24-22(31(32)33)23(26-14-27-24)28-18-12-17(25)20(34-3)13-21(18)35-4/h5-7,12-14H,8-11H2,1-4H3,(H,26,27,28). The number of piperazine rings is 1. The van der Waals surface area contributed by atoms with Crippen molar-refractivity contribution in [2.24, 2.45) is 0 Å². The van der Waals surface area contributed by atoms with E-state index in [4.69, 9.17) is 21.1 Å². The van der Waals surface area contributed by atoms with Gasteiger partial charge in [0.15, 0.2) is 0 Å². The van der Waals surface area contributed by atoms with E-state index in [-0.39, 0.29) is 17.3 Å². The van der Waals surface area contributed by atoms with Gasteiger partial charge in [-0.05, 0) is 37.1 Å². The number of aryl methyl sites for hydroxylation is 1. The minimum absolute atomic E-state index is 0.0523. The first-order valence-electron chi connectivity index (χ1n) is 11.1. The molecule has 0 saturated carbocycles. The Hall–Kier alpha value is -3.79. The molecule has 1 N–H and O–H groups in total. The maximum atomic E-state index is 12.1. The summed E-state index contributed by atoms with van der Waals surface area (Å²) in [6, 6.07) is 9.44. The summed E-state index contributed by atoms with van der Waals surface area (Å²) < 4.78 is 10.6. The molecule has 184 valence electrons. The number of ether oxygens (including phenoxy) is 2. The molecule has 2 heterocycles. The summed E-state index contributed by atoms with van der Waals surface area (Å²) in [6.45, 7) is 6.82. The Balaban J connectivity index is 1.61. The van der Waals surface area contributed by atoms with E-state index in [2.05, 4.69) is 52.2 Å². The van der Waals surface area contributed by atoms with Gasteiger partial charge in [0.1, 0.15) is 17.8 Å². The molecule has 0 aliphatic carbocycles. The fourth-order valence-electron chi connectivity index (χ4n) is 4.18. The Morgan fingerprint density at radius 2 is 1.71 bits per heavy atom. The molecule has 1 aromatic heterocycles. The van der Waals surface area contributed by atoms with Gasteiger partial charge in [-0.1, -0.05) is 23.7 Å².